The molecule has 0 amide bonds. The van der Waals surface area contributed by atoms with Crippen molar-refractivity contribution in [1.29, 1.82) is 0 Å². The minimum Gasteiger partial charge on any atom is -0.435 e. The summed E-state index contributed by atoms with van der Waals surface area (Å²) in [6, 6.07) is 0. The number of carbonyl (C=O) groups is 1. The van der Waals surface area contributed by atoms with Crippen LogP contribution in [0.25, 0.3) is 0 Å². The highest BCUT2D eigenvalue weighted by molar-refractivity contribution is 9.09. The average Bonchev–Trinajstić information content (AvgIpc) is 2.27. The van der Waals surface area contributed by atoms with Gasteiger partial charge in [0.05, 0.1) is 13.2 Å². The maximum atomic E-state index is 10.8. The zero-order valence-electron chi connectivity index (χ0n) is 10.2. The summed E-state index contributed by atoms with van der Waals surface area (Å²) in [6.07, 6.45) is 7.94. The zero-order valence-corrected chi connectivity index (χ0v) is 11.8. The van der Waals surface area contributed by atoms with Gasteiger partial charge in [-0.3, -0.25) is 0 Å². The summed E-state index contributed by atoms with van der Waals surface area (Å²) in [6.45, 7) is 2.64. The molecule has 0 bridgehead atoms. The Morgan fingerprint density at radius 2 is 1.50 bits per heavy atom. The van der Waals surface area contributed by atoms with E-state index in [9.17, 15) is 4.79 Å². The molecule has 0 aromatic carbocycles. The first kappa shape index (κ1) is 15.8. The molecule has 4 heteroatoms. The first-order chi connectivity index (χ1) is 7.81. The third kappa shape index (κ3) is 11.8. The zero-order chi connectivity index (χ0) is 12.1. The second-order valence-corrected chi connectivity index (χ2v) is 4.49. The second-order valence-electron chi connectivity index (χ2n) is 3.70. The van der Waals surface area contributed by atoms with Crippen LogP contribution in [0.3, 0.4) is 0 Å². The SMILES string of the molecule is CCOC(=O)OCCCCCCCCCBr. The lowest BCUT2D eigenvalue weighted by Crippen LogP contribution is -2.07. The van der Waals surface area contributed by atoms with Crippen molar-refractivity contribution < 1.29 is 14.3 Å². The predicted octanol–water partition coefficient (Wildman–Crippen LogP) is 4.29. The normalized spacial score (nSPS) is 10.1. The van der Waals surface area contributed by atoms with E-state index in [1.807, 2.05) is 0 Å². The first-order valence-corrected chi connectivity index (χ1v) is 7.29. The van der Waals surface area contributed by atoms with Gasteiger partial charge in [-0.25, -0.2) is 4.79 Å². The number of unbranched alkanes of at least 4 members (excludes halogenated alkanes) is 6. The van der Waals surface area contributed by atoms with Gasteiger partial charge in [0.25, 0.3) is 0 Å². The molecule has 96 valence electrons. The van der Waals surface area contributed by atoms with E-state index in [1.165, 1.54) is 32.1 Å². The Labute approximate surface area is 107 Å². The minimum absolute atomic E-state index is 0.381. The Hall–Kier alpha value is -0.250. The number of carbonyl (C=O) groups excluding carboxylic acids is 1. The molecule has 0 aliphatic rings. The molecule has 0 saturated carbocycles. The maximum Gasteiger partial charge on any atom is 0.508 e. The van der Waals surface area contributed by atoms with Crippen LogP contribution in [0.2, 0.25) is 0 Å². The highest BCUT2D eigenvalue weighted by Gasteiger charge is 2.00. The lowest BCUT2D eigenvalue weighted by molar-refractivity contribution is 0.0578. The minimum atomic E-state index is -0.542. The summed E-state index contributed by atoms with van der Waals surface area (Å²) in [5.41, 5.74) is 0. The van der Waals surface area contributed by atoms with Gasteiger partial charge in [-0.1, -0.05) is 48.0 Å². The van der Waals surface area contributed by atoms with Gasteiger partial charge in [0.2, 0.25) is 0 Å². The number of rotatable bonds is 10. The number of hydrogen-bond acceptors (Lipinski definition) is 3. The lowest BCUT2D eigenvalue weighted by Gasteiger charge is -2.04. The molecule has 0 aromatic heterocycles. The Morgan fingerprint density at radius 3 is 2.06 bits per heavy atom. The van der Waals surface area contributed by atoms with E-state index in [0.717, 1.165) is 18.2 Å². The van der Waals surface area contributed by atoms with E-state index in [2.05, 4.69) is 20.7 Å². The molecule has 0 radical (unpaired) electrons. The molecule has 16 heavy (non-hydrogen) atoms. The van der Waals surface area contributed by atoms with Crippen molar-refractivity contribution in [2.75, 3.05) is 18.5 Å². The smallest absolute Gasteiger partial charge is 0.435 e. The largest absolute Gasteiger partial charge is 0.508 e. The molecule has 0 spiro atoms. The molecule has 0 atom stereocenters. The summed E-state index contributed by atoms with van der Waals surface area (Å²) in [4.78, 5) is 10.8. The van der Waals surface area contributed by atoms with E-state index < -0.39 is 6.16 Å². The molecule has 0 aliphatic carbocycles. The van der Waals surface area contributed by atoms with E-state index in [0.29, 0.717) is 13.2 Å². The molecule has 3 nitrogen and oxygen atoms in total. The van der Waals surface area contributed by atoms with Gasteiger partial charge in [0.15, 0.2) is 0 Å². The fourth-order valence-electron chi connectivity index (χ4n) is 1.40. The highest BCUT2D eigenvalue weighted by atomic mass is 79.9. The van der Waals surface area contributed by atoms with E-state index in [4.69, 9.17) is 4.74 Å². The quantitative estimate of drug-likeness (QED) is 0.343. The fraction of sp³-hybridized carbons (Fsp3) is 0.917. The van der Waals surface area contributed by atoms with Gasteiger partial charge in [-0.2, -0.15) is 0 Å². The maximum absolute atomic E-state index is 10.8. The lowest BCUT2D eigenvalue weighted by atomic mass is 10.1. The van der Waals surface area contributed by atoms with Crippen LogP contribution in [0.15, 0.2) is 0 Å². The molecule has 0 fully saturated rings. The van der Waals surface area contributed by atoms with Gasteiger partial charge in [-0.15, -0.1) is 0 Å². The number of hydrogen-bond donors (Lipinski definition) is 0. The second kappa shape index (κ2) is 12.8. The van der Waals surface area contributed by atoms with Crippen LogP contribution in [0, 0.1) is 0 Å². The number of ether oxygens (including phenoxy) is 2. The average molecular weight is 295 g/mol. The van der Waals surface area contributed by atoms with E-state index in [-0.39, 0.29) is 0 Å². The topological polar surface area (TPSA) is 35.5 Å². The van der Waals surface area contributed by atoms with Crippen molar-refractivity contribution in [3.8, 4) is 0 Å². The Balaban J connectivity index is 3.01. The highest BCUT2D eigenvalue weighted by Crippen LogP contribution is 2.08. The Morgan fingerprint density at radius 1 is 0.938 bits per heavy atom. The van der Waals surface area contributed by atoms with Crippen molar-refractivity contribution in [2.24, 2.45) is 0 Å². The molecule has 0 N–H and O–H groups in total. The molecular formula is C12H23BrO3. The van der Waals surface area contributed by atoms with Crippen molar-refractivity contribution in [2.45, 2.75) is 51.9 Å². The summed E-state index contributed by atoms with van der Waals surface area (Å²) in [5.74, 6) is 0. The standard InChI is InChI=1S/C12H23BrO3/c1-2-15-12(14)16-11-9-7-5-3-4-6-8-10-13/h2-11H2,1H3. The van der Waals surface area contributed by atoms with Crippen molar-refractivity contribution in [1.82, 2.24) is 0 Å². The van der Waals surface area contributed by atoms with Gasteiger partial charge in [-0.05, 0) is 19.8 Å². The molecule has 0 aliphatic heterocycles. The molecule has 0 rings (SSSR count). The summed E-state index contributed by atoms with van der Waals surface area (Å²) in [7, 11) is 0. The Kier molecular flexibility index (Phi) is 12.6. The molecule has 0 aromatic rings. The number of alkyl halides is 1. The summed E-state index contributed by atoms with van der Waals surface area (Å²) in [5, 5.41) is 1.11. The van der Waals surface area contributed by atoms with Gasteiger partial charge >= 0.3 is 6.16 Å². The Bertz CT molecular complexity index is 162. The molecule has 0 unspecified atom stereocenters. The third-order valence-electron chi connectivity index (χ3n) is 2.26. The van der Waals surface area contributed by atoms with Crippen LogP contribution in [0.4, 0.5) is 4.79 Å². The van der Waals surface area contributed by atoms with Crippen LogP contribution >= 0.6 is 15.9 Å². The molecule has 0 saturated heterocycles. The van der Waals surface area contributed by atoms with Crippen LogP contribution < -0.4 is 0 Å². The van der Waals surface area contributed by atoms with E-state index >= 15 is 0 Å². The van der Waals surface area contributed by atoms with E-state index in [1.54, 1.807) is 6.92 Å². The van der Waals surface area contributed by atoms with Gasteiger partial charge in [0.1, 0.15) is 0 Å². The van der Waals surface area contributed by atoms with Crippen molar-refractivity contribution in [3.63, 3.8) is 0 Å². The summed E-state index contributed by atoms with van der Waals surface area (Å²) < 4.78 is 9.51. The molecule has 0 heterocycles. The van der Waals surface area contributed by atoms with Crippen LogP contribution in [0.5, 0.6) is 0 Å². The van der Waals surface area contributed by atoms with Crippen LogP contribution in [-0.4, -0.2) is 24.7 Å². The summed E-state index contributed by atoms with van der Waals surface area (Å²) >= 11 is 3.42. The third-order valence-corrected chi connectivity index (χ3v) is 2.82. The van der Waals surface area contributed by atoms with Gasteiger partial charge in [0, 0.05) is 5.33 Å². The van der Waals surface area contributed by atoms with Crippen LogP contribution in [0.1, 0.15) is 51.9 Å². The van der Waals surface area contributed by atoms with Crippen LogP contribution in [-0.2, 0) is 9.47 Å². The predicted molar refractivity (Wildman–Crippen MR) is 69.1 cm³/mol. The van der Waals surface area contributed by atoms with Gasteiger partial charge < -0.3 is 9.47 Å². The fourth-order valence-corrected chi connectivity index (χ4v) is 1.79. The first-order valence-electron chi connectivity index (χ1n) is 6.16. The number of halogens is 1. The van der Waals surface area contributed by atoms with Crippen molar-refractivity contribution in [3.05, 3.63) is 0 Å². The molecular weight excluding hydrogens is 272 g/mol. The van der Waals surface area contributed by atoms with Crippen molar-refractivity contribution >= 4 is 22.1 Å². The monoisotopic (exact) mass is 294 g/mol.